The summed E-state index contributed by atoms with van der Waals surface area (Å²) in [4.78, 5) is 21.8. The Morgan fingerprint density at radius 3 is 3.14 bits per heavy atom. The van der Waals surface area contributed by atoms with Crippen LogP contribution in [0.2, 0.25) is 0 Å². The zero-order chi connectivity index (χ0) is 14.8. The number of hydrogen-bond donors (Lipinski definition) is 2. The van der Waals surface area contributed by atoms with Crippen molar-refractivity contribution >= 4 is 23.0 Å². The molecule has 6 nitrogen and oxygen atoms in total. The molecule has 3 rings (SSSR count). The molecular formula is C15H19N5O. The van der Waals surface area contributed by atoms with Crippen LogP contribution >= 0.6 is 0 Å². The lowest BCUT2D eigenvalue weighted by atomic mass is 10.0. The van der Waals surface area contributed by atoms with Gasteiger partial charge in [-0.25, -0.2) is 9.97 Å². The highest BCUT2D eigenvalue weighted by molar-refractivity contribution is 5.88. The molecular weight excluding hydrogens is 266 g/mol. The summed E-state index contributed by atoms with van der Waals surface area (Å²) in [7, 11) is 0. The van der Waals surface area contributed by atoms with Crippen LogP contribution in [0.1, 0.15) is 12.5 Å². The van der Waals surface area contributed by atoms with Gasteiger partial charge in [0.1, 0.15) is 18.4 Å². The SMILES string of the molecule is CC1NCCN(Cc2ccc3c(N)ncnc3c2)C1C=O. The van der Waals surface area contributed by atoms with Crippen LogP contribution in [0.3, 0.4) is 0 Å². The van der Waals surface area contributed by atoms with Gasteiger partial charge >= 0.3 is 0 Å². The Morgan fingerprint density at radius 1 is 1.48 bits per heavy atom. The quantitative estimate of drug-likeness (QED) is 0.802. The molecule has 21 heavy (non-hydrogen) atoms. The van der Waals surface area contributed by atoms with Gasteiger partial charge in [0.2, 0.25) is 0 Å². The number of aromatic nitrogens is 2. The van der Waals surface area contributed by atoms with Gasteiger partial charge in [0.05, 0.1) is 11.6 Å². The van der Waals surface area contributed by atoms with Crippen molar-refractivity contribution in [1.29, 1.82) is 0 Å². The molecule has 1 saturated heterocycles. The third-order valence-corrected chi connectivity index (χ3v) is 4.06. The maximum absolute atomic E-state index is 11.3. The highest BCUT2D eigenvalue weighted by Crippen LogP contribution is 2.20. The lowest BCUT2D eigenvalue weighted by Crippen LogP contribution is -2.56. The first kappa shape index (κ1) is 13.9. The number of fused-ring (bicyclic) bond motifs is 1. The second-order valence-electron chi connectivity index (χ2n) is 5.45. The summed E-state index contributed by atoms with van der Waals surface area (Å²) < 4.78 is 0. The summed E-state index contributed by atoms with van der Waals surface area (Å²) in [6.07, 6.45) is 2.50. The van der Waals surface area contributed by atoms with Crippen molar-refractivity contribution in [1.82, 2.24) is 20.2 Å². The molecule has 1 aromatic heterocycles. The molecule has 2 unspecified atom stereocenters. The maximum atomic E-state index is 11.3. The van der Waals surface area contributed by atoms with Gasteiger partial charge in [0, 0.05) is 31.1 Å². The average molecular weight is 285 g/mol. The molecule has 3 N–H and O–H groups in total. The fourth-order valence-corrected chi connectivity index (χ4v) is 2.87. The number of nitrogens with zero attached hydrogens (tertiary/aromatic N) is 3. The van der Waals surface area contributed by atoms with Crippen LogP contribution < -0.4 is 11.1 Å². The number of anilines is 1. The van der Waals surface area contributed by atoms with Crippen molar-refractivity contribution in [3.63, 3.8) is 0 Å². The number of aldehydes is 1. The van der Waals surface area contributed by atoms with Crippen LogP contribution in [-0.2, 0) is 11.3 Å². The van der Waals surface area contributed by atoms with E-state index in [-0.39, 0.29) is 12.1 Å². The van der Waals surface area contributed by atoms with Crippen molar-refractivity contribution in [3.05, 3.63) is 30.1 Å². The number of benzene rings is 1. The Kier molecular flexibility index (Phi) is 3.81. The third kappa shape index (κ3) is 2.72. The molecule has 2 atom stereocenters. The molecule has 0 spiro atoms. The summed E-state index contributed by atoms with van der Waals surface area (Å²) in [6.45, 7) is 4.53. The maximum Gasteiger partial charge on any atom is 0.138 e. The minimum Gasteiger partial charge on any atom is -0.383 e. The Balaban J connectivity index is 1.85. The first-order valence-electron chi connectivity index (χ1n) is 7.11. The number of carbonyl (C=O) groups excluding carboxylic acids is 1. The summed E-state index contributed by atoms with van der Waals surface area (Å²) in [5.74, 6) is 0.494. The van der Waals surface area contributed by atoms with Crippen molar-refractivity contribution < 1.29 is 4.79 Å². The molecule has 1 aliphatic heterocycles. The number of nitrogens with one attached hydrogen (secondary N) is 1. The van der Waals surface area contributed by atoms with Crippen molar-refractivity contribution in [3.8, 4) is 0 Å². The minimum atomic E-state index is -0.0927. The second-order valence-corrected chi connectivity index (χ2v) is 5.45. The monoisotopic (exact) mass is 285 g/mol. The van der Waals surface area contributed by atoms with Gasteiger partial charge in [-0.1, -0.05) is 6.07 Å². The van der Waals surface area contributed by atoms with Gasteiger partial charge < -0.3 is 15.8 Å². The zero-order valence-corrected chi connectivity index (χ0v) is 12.0. The molecule has 2 aromatic rings. The molecule has 0 radical (unpaired) electrons. The summed E-state index contributed by atoms with van der Waals surface area (Å²) in [5, 5.41) is 4.19. The number of nitrogens with two attached hydrogens (primary N) is 1. The van der Waals surface area contributed by atoms with Gasteiger partial charge in [0.15, 0.2) is 0 Å². The zero-order valence-electron chi connectivity index (χ0n) is 12.0. The normalized spacial score (nSPS) is 23.3. The Bertz CT molecular complexity index is 660. The summed E-state index contributed by atoms with van der Waals surface area (Å²) in [6, 6.07) is 6.07. The van der Waals surface area contributed by atoms with Gasteiger partial charge in [-0.2, -0.15) is 0 Å². The highest BCUT2D eigenvalue weighted by Gasteiger charge is 2.27. The van der Waals surface area contributed by atoms with Gasteiger partial charge in [0.25, 0.3) is 0 Å². The number of nitrogen functional groups attached to an aromatic ring is 1. The van der Waals surface area contributed by atoms with E-state index in [9.17, 15) is 4.79 Å². The smallest absolute Gasteiger partial charge is 0.138 e. The number of hydrogen-bond acceptors (Lipinski definition) is 6. The molecule has 6 heteroatoms. The Hall–Kier alpha value is -2.05. The molecule has 0 amide bonds. The number of rotatable bonds is 3. The van der Waals surface area contributed by atoms with E-state index in [1.807, 2.05) is 25.1 Å². The Morgan fingerprint density at radius 2 is 2.33 bits per heavy atom. The van der Waals surface area contributed by atoms with Gasteiger partial charge in [-0.15, -0.1) is 0 Å². The van der Waals surface area contributed by atoms with E-state index in [0.717, 1.165) is 42.4 Å². The fourth-order valence-electron chi connectivity index (χ4n) is 2.87. The predicted octanol–water partition coefficient (Wildman–Crippen LogP) is 0.573. The largest absolute Gasteiger partial charge is 0.383 e. The van der Waals surface area contributed by atoms with Crippen molar-refractivity contribution in [2.24, 2.45) is 0 Å². The summed E-state index contributed by atoms with van der Waals surface area (Å²) >= 11 is 0. The number of carbonyl (C=O) groups is 1. The van der Waals surface area contributed by atoms with Crippen LogP contribution in [0.15, 0.2) is 24.5 Å². The second kappa shape index (κ2) is 5.75. The number of piperazine rings is 1. The molecule has 0 saturated carbocycles. The fraction of sp³-hybridized carbons (Fsp3) is 0.400. The predicted molar refractivity (Wildman–Crippen MR) is 81.7 cm³/mol. The first-order chi connectivity index (χ1) is 10.2. The van der Waals surface area contributed by atoms with Gasteiger partial charge in [-0.3, -0.25) is 4.90 Å². The lowest BCUT2D eigenvalue weighted by Gasteiger charge is -2.37. The van der Waals surface area contributed by atoms with Crippen molar-refractivity contribution in [2.45, 2.75) is 25.6 Å². The van der Waals surface area contributed by atoms with E-state index < -0.39 is 0 Å². The van der Waals surface area contributed by atoms with Crippen LogP contribution in [0.5, 0.6) is 0 Å². The van der Waals surface area contributed by atoms with Crippen LogP contribution in [0, 0.1) is 0 Å². The molecule has 1 aliphatic rings. The van der Waals surface area contributed by atoms with E-state index >= 15 is 0 Å². The molecule has 2 heterocycles. The summed E-state index contributed by atoms with van der Waals surface area (Å²) in [5.41, 5.74) is 7.80. The van der Waals surface area contributed by atoms with Crippen molar-refractivity contribution in [2.75, 3.05) is 18.8 Å². The Labute approximate surface area is 123 Å². The van der Waals surface area contributed by atoms with Crippen LogP contribution in [-0.4, -0.2) is 46.3 Å². The van der Waals surface area contributed by atoms with Gasteiger partial charge in [-0.05, 0) is 24.6 Å². The minimum absolute atomic E-state index is 0.0927. The van der Waals surface area contributed by atoms with E-state index in [0.29, 0.717) is 5.82 Å². The molecule has 0 bridgehead atoms. The van der Waals surface area contributed by atoms with Crippen LogP contribution in [0.4, 0.5) is 5.82 Å². The third-order valence-electron chi connectivity index (χ3n) is 4.06. The first-order valence-corrected chi connectivity index (χ1v) is 7.11. The van der Waals surface area contributed by atoms with E-state index in [4.69, 9.17) is 5.73 Å². The van der Waals surface area contributed by atoms with E-state index in [2.05, 4.69) is 20.2 Å². The average Bonchev–Trinajstić information content (AvgIpc) is 2.48. The van der Waals surface area contributed by atoms with E-state index in [1.54, 1.807) is 0 Å². The topological polar surface area (TPSA) is 84.1 Å². The molecule has 1 aromatic carbocycles. The standard InChI is InChI=1S/C15H19N5O/c1-10-14(8-21)20(5-4-17-10)7-11-2-3-12-13(6-11)18-9-19-15(12)16/h2-3,6,8-10,14,17H,4-5,7H2,1H3,(H2,16,18,19). The van der Waals surface area contributed by atoms with Crippen LogP contribution in [0.25, 0.3) is 10.9 Å². The molecule has 110 valence electrons. The molecule has 1 fully saturated rings. The van der Waals surface area contributed by atoms with E-state index in [1.165, 1.54) is 6.33 Å². The lowest BCUT2D eigenvalue weighted by molar-refractivity contribution is -0.114. The highest BCUT2D eigenvalue weighted by atomic mass is 16.1. The molecule has 0 aliphatic carbocycles.